The fraction of sp³-hybridized carbons (Fsp3) is 0.214. The van der Waals surface area contributed by atoms with Crippen LogP contribution in [-0.4, -0.2) is 10.1 Å². The van der Waals surface area contributed by atoms with Gasteiger partial charge < -0.3 is 5.11 Å². The minimum atomic E-state index is -0.948. The van der Waals surface area contributed by atoms with Crippen LogP contribution in [0.2, 0.25) is 0 Å². The van der Waals surface area contributed by atoms with Gasteiger partial charge in [-0.25, -0.2) is 4.39 Å². The molecule has 0 radical (unpaired) electrons. The fourth-order valence-electron chi connectivity index (χ4n) is 1.96. The summed E-state index contributed by atoms with van der Waals surface area (Å²) >= 11 is 0. The first-order valence-corrected chi connectivity index (χ1v) is 5.43. The molecule has 88 valence electrons. The number of nitrogens with zero attached hydrogens (tertiary/aromatic N) is 1. The van der Waals surface area contributed by atoms with E-state index >= 15 is 0 Å². The molecule has 0 saturated carbocycles. The van der Waals surface area contributed by atoms with Crippen molar-refractivity contribution in [3.8, 4) is 0 Å². The Bertz CT molecular complexity index is 519. The molecule has 0 aliphatic rings. The van der Waals surface area contributed by atoms with Gasteiger partial charge in [0.2, 0.25) is 0 Å². The molecule has 0 saturated heterocycles. The van der Waals surface area contributed by atoms with Crippen LogP contribution in [0.25, 0.3) is 0 Å². The van der Waals surface area contributed by atoms with Gasteiger partial charge in [-0.15, -0.1) is 0 Å². The van der Waals surface area contributed by atoms with E-state index in [-0.39, 0.29) is 5.56 Å². The van der Waals surface area contributed by atoms with Crippen molar-refractivity contribution in [1.29, 1.82) is 0 Å². The molecule has 1 heterocycles. The quantitative estimate of drug-likeness (QED) is 0.862. The highest BCUT2D eigenvalue weighted by molar-refractivity contribution is 5.35. The summed E-state index contributed by atoms with van der Waals surface area (Å²) in [7, 11) is 0. The summed E-state index contributed by atoms with van der Waals surface area (Å²) in [6.45, 7) is 3.90. The van der Waals surface area contributed by atoms with Gasteiger partial charge in [-0.3, -0.25) is 4.98 Å². The average molecular weight is 231 g/mol. The number of pyridine rings is 1. The van der Waals surface area contributed by atoms with Crippen LogP contribution < -0.4 is 0 Å². The number of aromatic nitrogens is 1. The third-order valence-corrected chi connectivity index (χ3v) is 2.66. The largest absolute Gasteiger partial charge is 0.384 e. The number of hydrogen-bond acceptors (Lipinski definition) is 2. The van der Waals surface area contributed by atoms with Crippen molar-refractivity contribution < 1.29 is 9.50 Å². The maximum Gasteiger partial charge on any atom is 0.147 e. The van der Waals surface area contributed by atoms with Crippen LogP contribution in [0.15, 0.2) is 36.7 Å². The summed E-state index contributed by atoms with van der Waals surface area (Å²) in [6, 6.07) is 7.23. The van der Waals surface area contributed by atoms with E-state index in [0.717, 1.165) is 17.3 Å². The summed E-state index contributed by atoms with van der Waals surface area (Å²) < 4.78 is 13.5. The monoisotopic (exact) mass is 231 g/mol. The highest BCUT2D eigenvalue weighted by atomic mass is 19.1. The predicted octanol–water partition coefficient (Wildman–Crippen LogP) is 2.92. The lowest BCUT2D eigenvalue weighted by atomic mass is 9.98. The zero-order valence-electron chi connectivity index (χ0n) is 9.81. The molecule has 1 unspecified atom stereocenters. The van der Waals surface area contributed by atoms with E-state index in [1.54, 1.807) is 0 Å². The van der Waals surface area contributed by atoms with Crippen LogP contribution in [-0.2, 0) is 0 Å². The molecule has 2 rings (SSSR count). The minimum absolute atomic E-state index is 0.255. The van der Waals surface area contributed by atoms with Gasteiger partial charge in [-0.1, -0.05) is 29.3 Å². The van der Waals surface area contributed by atoms with E-state index in [2.05, 4.69) is 4.98 Å². The highest BCUT2D eigenvalue weighted by Gasteiger charge is 2.15. The van der Waals surface area contributed by atoms with E-state index in [1.165, 1.54) is 12.3 Å². The SMILES string of the molecule is Cc1cc(C)cc(C(O)c2ccncc2F)c1. The van der Waals surface area contributed by atoms with Crippen LogP contribution in [0, 0.1) is 19.7 Å². The average Bonchev–Trinajstić information content (AvgIpc) is 2.27. The first-order valence-electron chi connectivity index (χ1n) is 5.43. The van der Waals surface area contributed by atoms with Gasteiger partial charge in [0.25, 0.3) is 0 Å². The second-order valence-electron chi connectivity index (χ2n) is 4.22. The Morgan fingerprint density at radius 3 is 2.41 bits per heavy atom. The van der Waals surface area contributed by atoms with Crippen molar-refractivity contribution >= 4 is 0 Å². The Kier molecular flexibility index (Phi) is 3.20. The lowest BCUT2D eigenvalue weighted by Crippen LogP contribution is -2.03. The van der Waals surface area contributed by atoms with Gasteiger partial charge in [0, 0.05) is 11.8 Å². The van der Waals surface area contributed by atoms with Gasteiger partial charge >= 0.3 is 0 Å². The smallest absolute Gasteiger partial charge is 0.147 e. The number of aliphatic hydroxyl groups is 1. The second-order valence-corrected chi connectivity index (χ2v) is 4.22. The fourth-order valence-corrected chi connectivity index (χ4v) is 1.96. The topological polar surface area (TPSA) is 33.1 Å². The number of halogens is 1. The molecule has 17 heavy (non-hydrogen) atoms. The standard InChI is InChI=1S/C14H14FNO/c1-9-5-10(2)7-11(6-9)14(17)12-3-4-16-8-13(12)15/h3-8,14,17H,1-2H3. The Morgan fingerprint density at radius 2 is 1.82 bits per heavy atom. The zero-order chi connectivity index (χ0) is 12.4. The summed E-state index contributed by atoms with van der Waals surface area (Å²) in [5, 5.41) is 10.2. The Morgan fingerprint density at radius 1 is 1.18 bits per heavy atom. The van der Waals surface area contributed by atoms with Crippen LogP contribution in [0.1, 0.15) is 28.4 Å². The molecule has 2 nitrogen and oxygen atoms in total. The van der Waals surface area contributed by atoms with Crippen molar-refractivity contribution in [3.63, 3.8) is 0 Å². The molecule has 0 aliphatic heterocycles. The summed E-state index contributed by atoms with van der Waals surface area (Å²) in [4.78, 5) is 3.67. The first-order chi connectivity index (χ1) is 8.08. The number of aliphatic hydroxyl groups excluding tert-OH is 1. The number of rotatable bonds is 2. The van der Waals surface area contributed by atoms with Gasteiger partial charge in [-0.05, 0) is 25.5 Å². The van der Waals surface area contributed by atoms with Crippen molar-refractivity contribution in [3.05, 3.63) is 64.7 Å². The van der Waals surface area contributed by atoms with Crippen molar-refractivity contribution in [2.75, 3.05) is 0 Å². The van der Waals surface area contributed by atoms with Gasteiger partial charge in [0.1, 0.15) is 11.9 Å². The molecule has 0 spiro atoms. The van der Waals surface area contributed by atoms with Gasteiger partial charge in [0.15, 0.2) is 0 Å². The molecule has 0 amide bonds. The zero-order valence-corrected chi connectivity index (χ0v) is 9.81. The van der Waals surface area contributed by atoms with Crippen LogP contribution in [0.5, 0.6) is 0 Å². The maximum absolute atomic E-state index is 13.5. The van der Waals surface area contributed by atoms with E-state index < -0.39 is 11.9 Å². The predicted molar refractivity (Wildman–Crippen MR) is 64.2 cm³/mol. The molecule has 1 N–H and O–H groups in total. The maximum atomic E-state index is 13.5. The lowest BCUT2D eigenvalue weighted by molar-refractivity contribution is 0.214. The number of aryl methyl sites for hydroxylation is 2. The Hall–Kier alpha value is -1.74. The summed E-state index contributed by atoms with van der Waals surface area (Å²) in [6.07, 6.45) is 1.64. The molecule has 3 heteroatoms. The molecule has 1 aromatic carbocycles. The lowest BCUT2D eigenvalue weighted by Gasteiger charge is -2.13. The normalized spacial score (nSPS) is 12.5. The molecule has 0 aliphatic carbocycles. The van der Waals surface area contributed by atoms with Crippen molar-refractivity contribution in [2.45, 2.75) is 20.0 Å². The van der Waals surface area contributed by atoms with Crippen molar-refractivity contribution in [2.24, 2.45) is 0 Å². The third kappa shape index (κ3) is 2.50. The number of hydrogen-bond donors (Lipinski definition) is 1. The molecular weight excluding hydrogens is 217 g/mol. The molecule has 1 aromatic heterocycles. The van der Waals surface area contributed by atoms with E-state index in [0.29, 0.717) is 5.56 Å². The Balaban J connectivity index is 2.43. The Labute approximate surface area is 99.8 Å². The molecule has 0 fully saturated rings. The first kappa shape index (κ1) is 11.7. The summed E-state index contributed by atoms with van der Waals surface area (Å²) in [5.41, 5.74) is 3.06. The van der Waals surface area contributed by atoms with Crippen LogP contribution >= 0.6 is 0 Å². The molecule has 0 bridgehead atoms. The minimum Gasteiger partial charge on any atom is -0.384 e. The van der Waals surface area contributed by atoms with Gasteiger partial charge in [0.05, 0.1) is 6.20 Å². The van der Waals surface area contributed by atoms with E-state index in [1.807, 2.05) is 32.0 Å². The van der Waals surface area contributed by atoms with Crippen molar-refractivity contribution in [1.82, 2.24) is 4.98 Å². The van der Waals surface area contributed by atoms with Gasteiger partial charge in [-0.2, -0.15) is 0 Å². The van der Waals surface area contributed by atoms with E-state index in [9.17, 15) is 9.50 Å². The summed E-state index contributed by atoms with van der Waals surface area (Å²) in [5.74, 6) is -0.487. The molecule has 2 aromatic rings. The second kappa shape index (κ2) is 4.63. The molecular formula is C14H14FNO. The van der Waals surface area contributed by atoms with Crippen LogP contribution in [0.4, 0.5) is 4.39 Å². The third-order valence-electron chi connectivity index (χ3n) is 2.66. The highest BCUT2D eigenvalue weighted by Crippen LogP contribution is 2.25. The molecule has 1 atom stereocenters. The number of benzene rings is 1. The van der Waals surface area contributed by atoms with Crippen LogP contribution in [0.3, 0.4) is 0 Å². The van der Waals surface area contributed by atoms with E-state index in [4.69, 9.17) is 0 Å².